The number of sulfone groups is 2. The first-order valence-corrected chi connectivity index (χ1v) is 19.2. The van der Waals surface area contributed by atoms with Crippen molar-refractivity contribution in [1.82, 2.24) is 0 Å². The molecule has 2 saturated heterocycles. The van der Waals surface area contributed by atoms with Crippen molar-refractivity contribution >= 4 is 59.1 Å². The van der Waals surface area contributed by atoms with E-state index in [2.05, 4.69) is 31.9 Å². The second-order valence-corrected chi connectivity index (χ2v) is 18.0. The topological polar surface area (TPSA) is 163 Å². The molecular weight excluding hydrogens is 731 g/mol. The zero-order valence-electron chi connectivity index (χ0n) is 22.2. The van der Waals surface area contributed by atoms with Crippen LogP contribution in [0, 0.1) is 11.8 Å². The number of hydrogen-bond donors (Lipinski definition) is 2. The third-order valence-electron chi connectivity index (χ3n) is 7.14. The summed E-state index contributed by atoms with van der Waals surface area (Å²) < 4.78 is 90.1. The fraction of sp³-hybridized carbons (Fsp3) is 0.520. The fourth-order valence-electron chi connectivity index (χ4n) is 4.88. The normalized spacial score (nSPS) is 32.2. The molecule has 41 heavy (non-hydrogen) atoms. The van der Waals surface area contributed by atoms with Crippen molar-refractivity contribution in [3.05, 3.63) is 57.5 Å². The molecule has 228 valence electrons. The van der Waals surface area contributed by atoms with Gasteiger partial charge in [0.2, 0.25) is 19.7 Å². The second-order valence-electron chi connectivity index (χ2n) is 10.1. The monoisotopic (exact) mass is 760 g/mol. The number of rotatable bonds is 10. The molecule has 2 aromatic rings. The van der Waals surface area contributed by atoms with E-state index in [1.165, 1.54) is 31.2 Å². The van der Waals surface area contributed by atoms with Gasteiger partial charge in [-0.3, -0.25) is 4.57 Å². The molecule has 0 radical (unpaired) electrons. The number of hydrogen-bond acceptors (Lipinski definition) is 11. The SMILES string of the molecule is CC1[C@@H](O)[C@@H](COP(C)(=O)O[C@@H]2C(C)[C@H](S(=O)(=O)c3ccc(Br)cc3)O[C@@H]2CO)O[C@H]1S(=O)(=O)c1ccc(Br)cc1. The summed E-state index contributed by atoms with van der Waals surface area (Å²) in [4.78, 5) is 0.0358. The average molecular weight is 762 g/mol. The lowest BCUT2D eigenvalue weighted by molar-refractivity contribution is -0.0166. The van der Waals surface area contributed by atoms with Crippen LogP contribution in [0.1, 0.15) is 13.8 Å². The van der Waals surface area contributed by atoms with Crippen LogP contribution in [0.4, 0.5) is 0 Å². The van der Waals surface area contributed by atoms with Gasteiger partial charge in [0, 0.05) is 27.4 Å². The molecule has 0 saturated carbocycles. The van der Waals surface area contributed by atoms with Crippen molar-refractivity contribution < 1.29 is 50.1 Å². The van der Waals surface area contributed by atoms with Gasteiger partial charge >= 0.3 is 7.60 Å². The van der Waals surface area contributed by atoms with Crippen LogP contribution in [0.2, 0.25) is 0 Å². The first-order valence-electron chi connectivity index (χ1n) is 12.6. The van der Waals surface area contributed by atoms with Crippen LogP contribution in [0.5, 0.6) is 0 Å². The molecule has 2 N–H and O–H groups in total. The maximum Gasteiger partial charge on any atom is 0.328 e. The zero-order valence-corrected chi connectivity index (χ0v) is 27.9. The van der Waals surface area contributed by atoms with Crippen LogP contribution in [0.3, 0.4) is 0 Å². The van der Waals surface area contributed by atoms with Gasteiger partial charge < -0.3 is 28.7 Å². The van der Waals surface area contributed by atoms with Crippen LogP contribution in [0.15, 0.2) is 67.3 Å². The first-order chi connectivity index (χ1) is 19.1. The molecule has 0 aliphatic carbocycles. The van der Waals surface area contributed by atoms with E-state index in [0.29, 0.717) is 8.95 Å². The maximum absolute atomic E-state index is 13.3. The lowest BCUT2D eigenvalue weighted by Crippen LogP contribution is -2.33. The quantitative estimate of drug-likeness (QED) is 0.339. The number of ether oxygens (including phenoxy) is 2. The van der Waals surface area contributed by atoms with Crippen LogP contribution in [-0.4, -0.2) is 82.2 Å². The molecule has 2 fully saturated rings. The molecule has 2 heterocycles. The molecule has 2 aliphatic rings. The standard InChI is InChI=1S/C25H31Br2O11PS2/c1-14-22(29)21(37-24(14)40(31,32)18-8-4-16(26)5-9-18)13-35-39(3,30)38-23-15(2)25(36-20(23)12-28)41(33,34)19-10-6-17(27)7-11-19/h4-11,14-15,20-25,28-29H,12-13H2,1-3H3/t14?,15?,20-,21-,22-,23-,24+,25+,39?/m1/s1. The smallest absolute Gasteiger partial charge is 0.328 e. The molecule has 11 nitrogen and oxygen atoms in total. The zero-order chi connectivity index (χ0) is 30.3. The van der Waals surface area contributed by atoms with E-state index >= 15 is 0 Å². The van der Waals surface area contributed by atoms with Gasteiger partial charge in [-0.1, -0.05) is 45.7 Å². The highest BCUT2D eigenvalue weighted by Crippen LogP contribution is 2.50. The summed E-state index contributed by atoms with van der Waals surface area (Å²) in [6.45, 7) is 3.18. The summed E-state index contributed by atoms with van der Waals surface area (Å²) >= 11 is 6.52. The molecular formula is C25H31Br2O11PS2. The lowest BCUT2D eigenvalue weighted by Gasteiger charge is -2.25. The summed E-state index contributed by atoms with van der Waals surface area (Å²) in [6, 6.07) is 12.0. The fourth-order valence-corrected chi connectivity index (χ4v) is 10.2. The Morgan fingerprint density at radius 1 is 0.829 bits per heavy atom. The Hall–Kier alpha value is -0.710. The van der Waals surface area contributed by atoms with Gasteiger partial charge in [-0.05, 0) is 48.5 Å². The molecule has 0 bridgehead atoms. The minimum absolute atomic E-state index is 0.0138. The van der Waals surface area contributed by atoms with Crippen molar-refractivity contribution in [3.8, 4) is 0 Å². The van der Waals surface area contributed by atoms with Crippen LogP contribution in [-0.2, 0) is 42.8 Å². The molecule has 0 aromatic heterocycles. The predicted molar refractivity (Wildman–Crippen MR) is 156 cm³/mol. The highest BCUT2D eigenvalue weighted by Gasteiger charge is 2.52. The first kappa shape index (κ1) is 33.2. The van der Waals surface area contributed by atoms with E-state index in [9.17, 15) is 31.6 Å². The van der Waals surface area contributed by atoms with Gasteiger partial charge in [-0.15, -0.1) is 0 Å². The summed E-state index contributed by atoms with van der Waals surface area (Å²) in [6.07, 6.45) is -4.59. The summed E-state index contributed by atoms with van der Waals surface area (Å²) in [7, 11) is -11.9. The van der Waals surface area contributed by atoms with Crippen LogP contribution in [0.25, 0.3) is 0 Å². The Labute approximate surface area is 256 Å². The molecule has 0 amide bonds. The predicted octanol–water partition coefficient (Wildman–Crippen LogP) is 3.76. The average Bonchev–Trinajstić information content (AvgIpc) is 3.39. The Kier molecular flexibility index (Phi) is 10.3. The van der Waals surface area contributed by atoms with Crippen LogP contribution < -0.4 is 0 Å². The molecule has 9 atom stereocenters. The van der Waals surface area contributed by atoms with Gasteiger partial charge in [0.05, 0.1) is 29.1 Å². The Balaban J connectivity index is 1.43. The third-order valence-corrected chi connectivity index (χ3v) is 13.6. The lowest BCUT2D eigenvalue weighted by atomic mass is 10.1. The summed E-state index contributed by atoms with van der Waals surface area (Å²) in [5, 5.41) is 20.6. The minimum atomic E-state index is -4.00. The van der Waals surface area contributed by atoms with Crippen molar-refractivity contribution in [1.29, 1.82) is 0 Å². The summed E-state index contributed by atoms with van der Waals surface area (Å²) in [5.74, 6) is -1.66. The number of aliphatic hydroxyl groups excluding tert-OH is 2. The van der Waals surface area contributed by atoms with Crippen molar-refractivity contribution in [2.75, 3.05) is 19.9 Å². The van der Waals surface area contributed by atoms with E-state index < -0.39 is 87.6 Å². The largest absolute Gasteiger partial charge is 0.394 e. The second kappa shape index (κ2) is 12.7. The minimum Gasteiger partial charge on any atom is -0.394 e. The molecule has 2 aromatic carbocycles. The van der Waals surface area contributed by atoms with E-state index in [1.807, 2.05) is 0 Å². The molecule has 2 aliphatic heterocycles. The van der Waals surface area contributed by atoms with Gasteiger partial charge in [0.1, 0.15) is 18.3 Å². The highest BCUT2D eigenvalue weighted by atomic mass is 79.9. The molecule has 0 spiro atoms. The van der Waals surface area contributed by atoms with E-state index in [4.69, 9.17) is 18.5 Å². The molecule has 16 heteroatoms. The Morgan fingerprint density at radius 3 is 1.73 bits per heavy atom. The Bertz CT molecular complexity index is 1490. The van der Waals surface area contributed by atoms with Crippen molar-refractivity contribution in [2.45, 2.75) is 58.9 Å². The molecule has 4 rings (SSSR count). The summed E-state index contributed by atoms with van der Waals surface area (Å²) in [5.41, 5.74) is -2.74. The van der Waals surface area contributed by atoms with Gasteiger partial charge in [0.15, 0.2) is 10.9 Å². The maximum atomic E-state index is 13.3. The van der Waals surface area contributed by atoms with Crippen molar-refractivity contribution in [3.63, 3.8) is 0 Å². The molecule has 3 unspecified atom stereocenters. The highest BCUT2D eigenvalue weighted by molar-refractivity contribution is 9.10. The van der Waals surface area contributed by atoms with E-state index in [1.54, 1.807) is 31.2 Å². The van der Waals surface area contributed by atoms with E-state index in [0.717, 1.165) is 6.66 Å². The Morgan fingerprint density at radius 2 is 1.27 bits per heavy atom. The van der Waals surface area contributed by atoms with Crippen LogP contribution >= 0.6 is 39.5 Å². The van der Waals surface area contributed by atoms with Gasteiger partial charge in [0.25, 0.3) is 0 Å². The van der Waals surface area contributed by atoms with Gasteiger partial charge in [-0.25, -0.2) is 16.8 Å². The van der Waals surface area contributed by atoms with Gasteiger partial charge in [-0.2, -0.15) is 0 Å². The number of halogens is 2. The van der Waals surface area contributed by atoms with E-state index in [-0.39, 0.29) is 9.79 Å². The number of aliphatic hydroxyl groups is 2. The van der Waals surface area contributed by atoms with Crippen molar-refractivity contribution in [2.24, 2.45) is 11.8 Å². The number of benzene rings is 2. The third kappa shape index (κ3) is 7.01.